The molecule has 2 heterocycles. The molecule has 20 heavy (non-hydrogen) atoms. The van der Waals surface area contributed by atoms with Crippen molar-refractivity contribution in [2.75, 3.05) is 6.54 Å². The maximum Gasteiger partial charge on any atom is 0.240 e. The summed E-state index contributed by atoms with van der Waals surface area (Å²) < 4.78 is 5.35. The largest absolute Gasteiger partial charge is 0.393 e. The maximum absolute atomic E-state index is 9.54. The molecule has 2 atom stereocenters. The summed E-state index contributed by atoms with van der Waals surface area (Å²) in [4.78, 5) is 6.83. The van der Waals surface area contributed by atoms with Crippen molar-refractivity contribution in [3.63, 3.8) is 0 Å². The van der Waals surface area contributed by atoms with Crippen LogP contribution in [0.5, 0.6) is 0 Å². The van der Waals surface area contributed by atoms with Gasteiger partial charge in [0.25, 0.3) is 0 Å². The van der Waals surface area contributed by atoms with Gasteiger partial charge in [0, 0.05) is 12.5 Å². The monoisotopic (exact) mass is 281 g/mol. The first-order valence-electron chi connectivity index (χ1n) is 7.78. The van der Waals surface area contributed by atoms with Crippen molar-refractivity contribution < 1.29 is 9.63 Å². The van der Waals surface area contributed by atoms with Gasteiger partial charge >= 0.3 is 0 Å². The van der Waals surface area contributed by atoms with Crippen molar-refractivity contribution in [1.82, 2.24) is 15.0 Å². The second kappa shape index (κ2) is 7.18. The van der Waals surface area contributed by atoms with E-state index in [1.807, 2.05) is 6.92 Å². The lowest BCUT2D eigenvalue weighted by atomic mass is 10.1. The van der Waals surface area contributed by atoms with Gasteiger partial charge in [-0.05, 0) is 45.1 Å². The van der Waals surface area contributed by atoms with Gasteiger partial charge in [0.15, 0.2) is 5.82 Å². The molecule has 0 aliphatic carbocycles. The van der Waals surface area contributed by atoms with Gasteiger partial charge in [0.05, 0.1) is 12.6 Å². The SMILES string of the molecule is CC(C)CCc1noc(CN2CCCC2CC(C)O)n1. The fourth-order valence-electron chi connectivity index (χ4n) is 2.81. The summed E-state index contributed by atoms with van der Waals surface area (Å²) >= 11 is 0. The first-order chi connectivity index (χ1) is 9.54. The van der Waals surface area contributed by atoms with Crippen LogP contribution in [-0.2, 0) is 13.0 Å². The Labute approximate surface area is 121 Å². The van der Waals surface area contributed by atoms with Crippen molar-refractivity contribution in [2.24, 2.45) is 5.92 Å². The average Bonchev–Trinajstić information content (AvgIpc) is 2.97. The van der Waals surface area contributed by atoms with Gasteiger partial charge in [-0.2, -0.15) is 4.98 Å². The molecular weight excluding hydrogens is 254 g/mol. The molecule has 0 spiro atoms. The molecule has 0 aromatic carbocycles. The number of rotatable bonds is 7. The van der Waals surface area contributed by atoms with Crippen LogP contribution in [0.4, 0.5) is 0 Å². The third-order valence-corrected chi connectivity index (χ3v) is 3.91. The quantitative estimate of drug-likeness (QED) is 0.831. The summed E-state index contributed by atoms with van der Waals surface area (Å²) in [6.07, 6.45) is 4.90. The normalized spacial score (nSPS) is 21.8. The first-order valence-corrected chi connectivity index (χ1v) is 7.78. The lowest BCUT2D eigenvalue weighted by Crippen LogP contribution is -2.31. The van der Waals surface area contributed by atoms with Gasteiger partial charge in [0.1, 0.15) is 0 Å². The molecule has 1 aliphatic heterocycles. The summed E-state index contributed by atoms with van der Waals surface area (Å²) in [5.41, 5.74) is 0. The molecule has 1 aromatic rings. The van der Waals surface area contributed by atoms with E-state index < -0.39 is 0 Å². The summed E-state index contributed by atoms with van der Waals surface area (Å²) in [5.74, 6) is 2.19. The van der Waals surface area contributed by atoms with E-state index in [4.69, 9.17) is 4.52 Å². The smallest absolute Gasteiger partial charge is 0.240 e. The Bertz CT molecular complexity index is 404. The summed E-state index contributed by atoms with van der Waals surface area (Å²) in [7, 11) is 0. The highest BCUT2D eigenvalue weighted by atomic mass is 16.5. The fraction of sp³-hybridized carbons (Fsp3) is 0.867. The predicted molar refractivity (Wildman–Crippen MR) is 77.2 cm³/mol. The number of aryl methyl sites for hydroxylation is 1. The van der Waals surface area contributed by atoms with Crippen molar-refractivity contribution >= 4 is 0 Å². The van der Waals surface area contributed by atoms with E-state index >= 15 is 0 Å². The summed E-state index contributed by atoms with van der Waals surface area (Å²) in [5, 5.41) is 13.6. The second-order valence-electron chi connectivity index (χ2n) is 6.39. The second-order valence-corrected chi connectivity index (χ2v) is 6.39. The molecule has 2 rings (SSSR count). The molecule has 1 aromatic heterocycles. The molecule has 2 unspecified atom stereocenters. The molecule has 1 N–H and O–H groups in total. The lowest BCUT2D eigenvalue weighted by Gasteiger charge is -2.23. The molecule has 0 amide bonds. The minimum Gasteiger partial charge on any atom is -0.393 e. The van der Waals surface area contributed by atoms with Crippen LogP contribution in [0, 0.1) is 5.92 Å². The van der Waals surface area contributed by atoms with Crippen molar-refractivity contribution in [1.29, 1.82) is 0 Å². The highest BCUT2D eigenvalue weighted by Crippen LogP contribution is 2.23. The van der Waals surface area contributed by atoms with E-state index in [0.717, 1.165) is 38.1 Å². The number of aromatic nitrogens is 2. The van der Waals surface area contributed by atoms with Crippen LogP contribution >= 0.6 is 0 Å². The first kappa shape index (κ1) is 15.4. The molecule has 5 nitrogen and oxygen atoms in total. The Balaban J connectivity index is 1.86. The van der Waals surface area contributed by atoms with Crippen LogP contribution in [0.2, 0.25) is 0 Å². The van der Waals surface area contributed by atoms with Crippen LogP contribution in [0.15, 0.2) is 4.52 Å². The van der Waals surface area contributed by atoms with E-state index in [2.05, 4.69) is 28.9 Å². The Kier molecular flexibility index (Phi) is 5.54. The minimum atomic E-state index is -0.245. The van der Waals surface area contributed by atoms with Crippen LogP contribution in [-0.4, -0.2) is 38.8 Å². The van der Waals surface area contributed by atoms with Crippen LogP contribution in [0.25, 0.3) is 0 Å². The lowest BCUT2D eigenvalue weighted by molar-refractivity contribution is 0.124. The minimum absolute atomic E-state index is 0.245. The summed E-state index contributed by atoms with van der Waals surface area (Å²) in [6.45, 7) is 8.03. The zero-order chi connectivity index (χ0) is 14.5. The van der Waals surface area contributed by atoms with Crippen molar-refractivity contribution in [2.45, 2.75) is 71.6 Å². The van der Waals surface area contributed by atoms with Gasteiger partial charge in [-0.3, -0.25) is 4.90 Å². The fourth-order valence-corrected chi connectivity index (χ4v) is 2.81. The molecule has 1 fully saturated rings. The van der Waals surface area contributed by atoms with E-state index in [0.29, 0.717) is 24.4 Å². The van der Waals surface area contributed by atoms with Crippen molar-refractivity contribution in [3.05, 3.63) is 11.7 Å². The molecule has 0 radical (unpaired) electrons. The molecule has 0 bridgehead atoms. The number of nitrogens with zero attached hydrogens (tertiary/aromatic N) is 3. The highest BCUT2D eigenvalue weighted by Gasteiger charge is 2.27. The van der Waals surface area contributed by atoms with Gasteiger partial charge in [-0.25, -0.2) is 0 Å². The van der Waals surface area contributed by atoms with Crippen LogP contribution < -0.4 is 0 Å². The maximum atomic E-state index is 9.54. The molecule has 114 valence electrons. The average molecular weight is 281 g/mol. The summed E-state index contributed by atoms with van der Waals surface area (Å²) in [6, 6.07) is 0.445. The van der Waals surface area contributed by atoms with E-state index in [9.17, 15) is 5.11 Å². The predicted octanol–water partition coefficient (Wildman–Crippen LogP) is 2.39. The Morgan fingerprint density at radius 3 is 2.90 bits per heavy atom. The molecule has 1 aliphatic rings. The van der Waals surface area contributed by atoms with Crippen LogP contribution in [0.3, 0.4) is 0 Å². The number of hydrogen-bond acceptors (Lipinski definition) is 5. The van der Waals surface area contributed by atoms with Crippen LogP contribution in [0.1, 0.15) is 58.2 Å². The topological polar surface area (TPSA) is 62.4 Å². The Hall–Kier alpha value is -0.940. The number of aliphatic hydroxyl groups excluding tert-OH is 1. The van der Waals surface area contributed by atoms with E-state index in [1.165, 1.54) is 6.42 Å². The molecule has 5 heteroatoms. The van der Waals surface area contributed by atoms with Gasteiger partial charge in [-0.1, -0.05) is 19.0 Å². The van der Waals surface area contributed by atoms with Gasteiger partial charge in [-0.15, -0.1) is 0 Å². The van der Waals surface area contributed by atoms with E-state index in [-0.39, 0.29) is 6.10 Å². The van der Waals surface area contributed by atoms with Gasteiger partial charge in [0.2, 0.25) is 5.89 Å². The van der Waals surface area contributed by atoms with E-state index in [1.54, 1.807) is 0 Å². The zero-order valence-electron chi connectivity index (χ0n) is 12.9. The number of likely N-dealkylation sites (tertiary alicyclic amines) is 1. The van der Waals surface area contributed by atoms with Crippen molar-refractivity contribution in [3.8, 4) is 0 Å². The number of hydrogen-bond donors (Lipinski definition) is 1. The molecule has 0 saturated carbocycles. The number of aliphatic hydroxyl groups is 1. The Morgan fingerprint density at radius 2 is 2.20 bits per heavy atom. The Morgan fingerprint density at radius 1 is 1.40 bits per heavy atom. The standard InChI is InChI=1S/C15H27N3O2/c1-11(2)6-7-14-16-15(20-17-14)10-18-8-4-5-13(18)9-12(3)19/h11-13,19H,4-10H2,1-3H3. The molecular formula is C15H27N3O2. The van der Waals surface area contributed by atoms with Gasteiger partial charge < -0.3 is 9.63 Å². The zero-order valence-corrected chi connectivity index (χ0v) is 12.9. The third kappa shape index (κ3) is 4.56. The highest BCUT2D eigenvalue weighted by molar-refractivity contribution is 4.90. The third-order valence-electron chi connectivity index (χ3n) is 3.91. The molecule has 1 saturated heterocycles.